The van der Waals surface area contributed by atoms with Gasteiger partial charge in [-0.3, -0.25) is 4.98 Å². The topological polar surface area (TPSA) is 73.9 Å². The fraction of sp³-hybridized carbons (Fsp3) is 0.0667. The number of benzene rings is 1. The summed E-state index contributed by atoms with van der Waals surface area (Å²) in [5, 5.41) is 0.984. The molecule has 0 saturated carbocycles. The molecule has 0 aliphatic heterocycles. The minimum absolute atomic E-state index is 0.204. The number of hydrogen-bond acceptors (Lipinski definition) is 5. The predicted octanol–water partition coefficient (Wildman–Crippen LogP) is 2.76. The Morgan fingerprint density at radius 1 is 1.19 bits per heavy atom. The number of para-hydroxylation sites is 1. The van der Waals surface area contributed by atoms with Gasteiger partial charge in [-0.05, 0) is 25.1 Å². The van der Waals surface area contributed by atoms with E-state index in [-0.39, 0.29) is 11.0 Å². The van der Waals surface area contributed by atoms with E-state index >= 15 is 0 Å². The maximum atomic E-state index is 5.66. The summed E-state index contributed by atoms with van der Waals surface area (Å²) in [6, 6.07) is 11.6. The van der Waals surface area contributed by atoms with E-state index in [9.17, 15) is 0 Å². The van der Waals surface area contributed by atoms with E-state index in [2.05, 4.69) is 15.0 Å². The van der Waals surface area contributed by atoms with Crippen LogP contribution in [0.5, 0.6) is 11.8 Å². The van der Waals surface area contributed by atoms with Crippen LogP contribution in [0.15, 0.2) is 42.6 Å². The largest absolute Gasteiger partial charge is 0.423 e. The first-order valence-electron chi connectivity index (χ1n) is 6.30. The van der Waals surface area contributed by atoms with Crippen LogP contribution in [-0.4, -0.2) is 19.9 Å². The molecule has 6 heteroatoms. The minimum Gasteiger partial charge on any atom is -0.423 e. The van der Waals surface area contributed by atoms with Crippen molar-refractivity contribution >= 4 is 28.1 Å². The Morgan fingerprint density at radius 3 is 2.81 bits per heavy atom. The Labute approximate surface area is 126 Å². The molecule has 0 spiro atoms. The Kier molecular flexibility index (Phi) is 3.45. The summed E-state index contributed by atoms with van der Waals surface area (Å²) in [6.45, 7) is 1.83. The van der Waals surface area contributed by atoms with Crippen molar-refractivity contribution in [3.8, 4) is 11.8 Å². The highest BCUT2D eigenvalue weighted by Crippen LogP contribution is 2.22. The molecule has 21 heavy (non-hydrogen) atoms. The number of nitrogens with zero attached hydrogens (tertiary/aromatic N) is 3. The molecule has 0 unspecified atom stereocenters. The zero-order valence-electron chi connectivity index (χ0n) is 11.3. The molecule has 0 amide bonds. The average Bonchev–Trinajstić information content (AvgIpc) is 2.46. The first-order chi connectivity index (χ1) is 10.1. The van der Waals surface area contributed by atoms with Crippen LogP contribution in [-0.2, 0) is 0 Å². The van der Waals surface area contributed by atoms with Crippen molar-refractivity contribution < 1.29 is 4.74 Å². The highest BCUT2D eigenvalue weighted by Gasteiger charge is 2.07. The molecule has 0 radical (unpaired) electrons. The van der Waals surface area contributed by atoms with Crippen molar-refractivity contribution in [2.45, 2.75) is 6.92 Å². The third kappa shape index (κ3) is 2.95. The maximum absolute atomic E-state index is 5.66. The number of aromatic nitrogens is 3. The molecule has 2 aromatic heterocycles. The predicted molar refractivity (Wildman–Crippen MR) is 84.5 cm³/mol. The van der Waals surface area contributed by atoms with Gasteiger partial charge in [-0.2, -0.15) is 4.98 Å². The molecule has 0 atom stereocenters. The molecule has 0 saturated heterocycles. The highest BCUT2D eigenvalue weighted by molar-refractivity contribution is 7.80. The van der Waals surface area contributed by atoms with E-state index in [1.165, 1.54) is 0 Å². The molecular formula is C15H12N4OS. The van der Waals surface area contributed by atoms with Gasteiger partial charge in [0, 0.05) is 11.1 Å². The van der Waals surface area contributed by atoms with Crippen LogP contribution in [0.2, 0.25) is 0 Å². The van der Waals surface area contributed by atoms with Crippen molar-refractivity contribution in [2.75, 3.05) is 0 Å². The van der Waals surface area contributed by atoms with Crippen molar-refractivity contribution in [3.63, 3.8) is 0 Å². The molecule has 0 aliphatic rings. The normalized spacial score (nSPS) is 10.5. The lowest BCUT2D eigenvalue weighted by Crippen LogP contribution is -2.13. The number of hydrogen-bond donors (Lipinski definition) is 1. The van der Waals surface area contributed by atoms with Gasteiger partial charge in [-0.15, -0.1) is 0 Å². The summed E-state index contributed by atoms with van der Waals surface area (Å²) >= 11 is 4.93. The summed E-state index contributed by atoms with van der Waals surface area (Å²) in [5.41, 5.74) is 7.71. The standard InChI is InChI=1S/C15H12N4OS/c1-9-6-13(14(16)21)19-15(18-9)20-11-7-10-4-2-3-5-12(10)17-8-11/h2-8H,1H3,(H2,16,21). The van der Waals surface area contributed by atoms with Gasteiger partial charge in [0.2, 0.25) is 0 Å². The lowest BCUT2D eigenvalue weighted by Gasteiger charge is -2.07. The highest BCUT2D eigenvalue weighted by atomic mass is 32.1. The summed E-state index contributed by atoms with van der Waals surface area (Å²) in [4.78, 5) is 12.9. The summed E-state index contributed by atoms with van der Waals surface area (Å²) in [6.07, 6.45) is 1.63. The van der Waals surface area contributed by atoms with Gasteiger partial charge in [0.1, 0.15) is 16.4 Å². The van der Waals surface area contributed by atoms with E-state index < -0.39 is 0 Å². The summed E-state index contributed by atoms with van der Waals surface area (Å²) in [5.74, 6) is 0.563. The molecule has 0 aliphatic carbocycles. The van der Waals surface area contributed by atoms with Gasteiger partial charge >= 0.3 is 6.01 Å². The molecule has 3 rings (SSSR count). The van der Waals surface area contributed by atoms with Crippen molar-refractivity contribution in [1.29, 1.82) is 0 Å². The Bertz CT molecular complexity index is 835. The molecule has 104 valence electrons. The molecule has 2 N–H and O–H groups in total. The average molecular weight is 296 g/mol. The Hall–Kier alpha value is -2.60. The quantitative estimate of drug-likeness (QED) is 0.749. The van der Waals surface area contributed by atoms with E-state index in [4.69, 9.17) is 22.7 Å². The van der Waals surface area contributed by atoms with E-state index in [1.807, 2.05) is 37.3 Å². The minimum atomic E-state index is 0.204. The summed E-state index contributed by atoms with van der Waals surface area (Å²) in [7, 11) is 0. The van der Waals surface area contributed by atoms with E-state index in [1.54, 1.807) is 12.3 Å². The number of ether oxygens (including phenoxy) is 1. The van der Waals surface area contributed by atoms with Crippen molar-refractivity contribution in [2.24, 2.45) is 5.73 Å². The molecule has 3 aromatic rings. The fourth-order valence-electron chi connectivity index (χ4n) is 1.93. The number of aryl methyl sites for hydroxylation is 1. The van der Waals surface area contributed by atoms with Gasteiger partial charge in [-0.1, -0.05) is 30.4 Å². The molecular weight excluding hydrogens is 284 g/mol. The lowest BCUT2D eigenvalue weighted by molar-refractivity contribution is 0.439. The first kappa shape index (κ1) is 13.4. The molecule has 0 fully saturated rings. The zero-order chi connectivity index (χ0) is 14.8. The fourth-order valence-corrected chi connectivity index (χ4v) is 2.03. The number of rotatable bonds is 3. The number of fused-ring (bicyclic) bond motifs is 1. The first-order valence-corrected chi connectivity index (χ1v) is 6.71. The number of nitrogens with two attached hydrogens (primary N) is 1. The molecule has 5 nitrogen and oxygen atoms in total. The van der Waals surface area contributed by atoms with Gasteiger partial charge in [0.05, 0.1) is 11.7 Å². The third-order valence-corrected chi connectivity index (χ3v) is 3.07. The van der Waals surface area contributed by atoms with E-state index in [0.29, 0.717) is 11.4 Å². The molecule has 2 heterocycles. The smallest absolute Gasteiger partial charge is 0.322 e. The second kappa shape index (κ2) is 5.41. The van der Waals surface area contributed by atoms with Gasteiger partial charge in [-0.25, -0.2) is 4.98 Å². The third-order valence-electron chi connectivity index (χ3n) is 2.86. The van der Waals surface area contributed by atoms with Crippen LogP contribution < -0.4 is 10.5 Å². The van der Waals surface area contributed by atoms with Crippen molar-refractivity contribution in [1.82, 2.24) is 15.0 Å². The lowest BCUT2D eigenvalue weighted by atomic mass is 10.2. The van der Waals surface area contributed by atoms with Crippen LogP contribution in [0.25, 0.3) is 10.9 Å². The monoisotopic (exact) mass is 296 g/mol. The van der Waals surface area contributed by atoms with E-state index in [0.717, 1.165) is 16.6 Å². The van der Waals surface area contributed by atoms with Gasteiger partial charge in [0.25, 0.3) is 0 Å². The van der Waals surface area contributed by atoms with Crippen LogP contribution >= 0.6 is 12.2 Å². The SMILES string of the molecule is Cc1cc(C(N)=S)nc(Oc2cnc3ccccc3c2)n1. The number of thiocarbonyl (C=S) groups is 1. The second-order valence-electron chi connectivity index (χ2n) is 4.51. The number of pyridine rings is 1. The summed E-state index contributed by atoms with van der Waals surface area (Å²) < 4.78 is 5.66. The second-order valence-corrected chi connectivity index (χ2v) is 4.95. The van der Waals surface area contributed by atoms with Crippen LogP contribution in [0, 0.1) is 6.92 Å². The Balaban J connectivity index is 1.96. The van der Waals surface area contributed by atoms with Crippen LogP contribution in [0.1, 0.15) is 11.4 Å². The van der Waals surface area contributed by atoms with Gasteiger partial charge < -0.3 is 10.5 Å². The maximum Gasteiger partial charge on any atom is 0.322 e. The van der Waals surface area contributed by atoms with Crippen LogP contribution in [0.4, 0.5) is 0 Å². The molecule has 0 bridgehead atoms. The zero-order valence-corrected chi connectivity index (χ0v) is 12.1. The van der Waals surface area contributed by atoms with Crippen molar-refractivity contribution in [3.05, 3.63) is 54.0 Å². The Morgan fingerprint density at radius 2 is 2.00 bits per heavy atom. The molecule has 1 aromatic carbocycles. The van der Waals surface area contributed by atoms with Gasteiger partial charge in [0.15, 0.2) is 0 Å². The van der Waals surface area contributed by atoms with Crippen LogP contribution in [0.3, 0.4) is 0 Å².